The van der Waals surface area contributed by atoms with Crippen LogP contribution in [0.25, 0.3) is 0 Å². The first-order valence-corrected chi connectivity index (χ1v) is 10.7. The van der Waals surface area contributed by atoms with Crippen molar-refractivity contribution >= 4 is 0 Å². The zero-order chi connectivity index (χ0) is 18.7. The van der Waals surface area contributed by atoms with Crippen molar-refractivity contribution in [3.8, 4) is 0 Å². The Kier molecular flexibility index (Phi) is 3.83. The highest BCUT2D eigenvalue weighted by molar-refractivity contribution is 5.57. The summed E-state index contributed by atoms with van der Waals surface area (Å²) in [5, 5.41) is 4.18. The molecule has 2 bridgehead atoms. The molecule has 0 saturated heterocycles. The van der Waals surface area contributed by atoms with E-state index in [1.807, 2.05) is 0 Å². The van der Waals surface area contributed by atoms with Gasteiger partial charge in [0.25, 0.3) is 0 Å². The molecule has 4 atom stereocenters. The van der Waals surface area contributed by atoms with Crippen molar-refractivity contribution in [1.29, 1.82) is 0 Å². The lowest BCUT2D eigenvalue weighted by atomic mass is 9.76. The van der Waals surface area contributed by atoms with Gasteiger partial charge < -0.3 is 4.74 Å². The van der Waals surface area contributed by atoms with E-state index in [2.05, 4.69) is 74.6 Å². The minimum absolute atomic E-state index is 0.0234. The van der Waals surface area contributed by atoms with Crippen molar-refractivity contribution in [2.75, 3.05) is 13.2 Å². The quantitative estimate of drug-likeness (QED) is 0.735. The van der Waals surface area contributed by atoms with E-state index in [0.717, 1.165) is 25.6 Å². The van der Waals surface area contributed by atoms with E-state index in [1.54, 1.807) is 5.56 Å². The van der Waals surface area contributed by atoms with Crippen LogP contribution in [0.4, 0.5) is 0 Å². The topological polar surface area (TPSA) is 21.3 Å². The Bertz CT molecular complexity index is 876. The molecule has 142 valence electrons. The van der Waals surface area contributed by atoms with E-state index < -0.39 is 0 Å². The van der Waals surface area contributed by atoms with Gasteiger partial charge in [-0.3, -0.25) is 5.32 Å². The van der Waals surface area contributed by atoms with Gasteiger partial charge in [0, 0.05) is 18.8 Å². The van der Waals surface area contributed by atoms with Crippen LogP contribution in [-0.2, 0) is 21.2 Å². The van der Waals surface area contributed by atoms with Crippen molar-refractivity contribution in [3.63, 3.8) is 0 Å². The minimum Gasteiger partial charge on any atom is -0.382 e. The van der Waals surface area contributed by atoms with Gasteiger partial charge in [0.05, 0.1) is 5.54 Å². The van der Waals surface area contributed by atoms with E-state index in [9.17, 15) is 0 Å². The zero-order valence-electron chi connectivity index (χ0n) is 16.8. The number of hydrogen-bond acceptors (Lipinski definition) is 2. The van der Waals surface area contributed by atoms with Gasteiger partial charge in [-0.2, -0.15) is 0 Å². The lowest BCUT2D eigenvalue weighted by Gasteiger charge is -2.40. The first-order chi connectivity index (χ1) is 13.1. The molecule has 1 aliphatic carbocycles. The number of fused-ring (bicyclic) bond motifs is 9. The van der Waals surface area contributed by atoms with Crippen LogP contribution < -0.4 is 5.32 Å². The average molecular weight is 362 g/mol. The Morgan fingerprint density at radius 3 is 2.22 bits per heavy atom. The molecular weight excluding hydrogens is 330 g/mol. The van der Waals surface area contributed by atoms with Crippen molar-refractivity contribution in [2.24, 2.45) is 5.92 Å². The van der Waals surface area contributed by atoms with Gasteiger partial charge in [0.2, 0.25) is 0 Å². The summed E-state index contributed by atoms with van der Waals surface area (Å²) < 4.78 is 5.83. The fourth-order valence-electron chi connectivity index (χ4n) is 6.39. The molecule has 2 nitrogen and oxygen atoms in total. The molecule has 2 aromatic rings. The molecule has 1 saturated carbocycles. The summed E-state index contributed by atoms with van der Waals surface area (Å²) in [4.78, 5) is 0. The van der Waals surface area contributed by atoms with Crippen molar-refractivity contribution in [2.45, 2.75) is 62.9 Å². The average Bonchev–Trinajstić information content (AvgIpc) is 3.33. The summed E-state index contributed by atoms with van der Waals surface area (Å²) in [6, 6.07) is 18.4. The minimum atomic E-state index is -0.130. The molecule has 0 aromatic heterocycles. The first kappa shape index (κ1) is 17.5. The molecule has 1 N–H and O–H groups in total. The van der Waals surface area contributed by atoms with Crippen molar-refractivity contribution in [3.05, 3.63) is 70.8 Å². The molecule has 5 rings (SSSR count). The lowest BCUT2D eigenvalue weighted by molar-refractivity contribution is 0.105. The second kappa shape index (κ2) is 5.93. The third kappa shape index (κ3) is 2.26. The molecule has 2 heteroatoms. The van der Waals surface area contributed by atoms with Gasteiger partial charge in [0.1, 0.15) is 0 Å². The molecule has 2 heterocycles. The third-order valence-corrected chi connectivity index (χ3v) is 7.81. The molecule has 2 aromatic carbocycles. The molecule has 27 heavy (non-hydrogen) atoms. The Hall–Kier alpha value is -1.64. The van der Waals surface area contributed by atoms with Gasteiger partial charge in [-0.05, 0) is 73.1 Å². The maximum Gasteiger partial charge on any atom is 0.0675 e. The number of rotatable bonds is 5. The van der Waals surface area contributed by atoms with Crippen LogP contribution in [0.3, 0.4) is 0 Å². The Balaban J connectivity index is 1.73. The zero-order valence-corrected chi connectivity index (χ0v) is 16.8. The molecule has 0 radical (unpaired) electrons. The van der Waals surface area contributed by atoms with Crippen LogP contribution in [-0.4, -0.2) is 13.2 Å². The van der Waals surface area contributed by atoms with E-state index in [0.29, 0.717) is 5.41 Å². The normalized spacial score (nSPS) is 35.6. The maximum absolute atomic E-state index is 5.83. The molecule has 0 spiro atoms. The first-order valence-electron chi connectivity index (χ1n) is 10.7. The summed E-state index contributed by atoms with van der Waals surface area (Å²) in [6.45, 7) is 8.49. The Labute approximate surface area is 163 Å². The number of ether oxygens (including phenoxy) is 1. The largest absolute Gasteiger partial charge is 0.382 e. The number of benzene rings is 2. The fraction of sp³-hybridized carbons (Fsp3) is 0.520. The van der Waals surface area contributed by atoms with Gasteiger partial charge in [-0.25, -0.2) is 0 Å². The van der Waals surface area contributed by atoms with E-state index in [-0.39, 0.29) is 11.1 Å². The van der Waals surface area contributed by atoms with Gasteiger partial charge >= 0.3 is 0 Å². The molecule has 2 aliphatic heterocycles. The standard InChI is InChI=1S/C25H31NO/c1-4-24-16-18(24)17-25(14-15-27-5-2)22-13-9-7-11-20(22)23(3,26-25)19-10-6-8-12-21(19)24/h6-13,18,26H,4-5,14-17H2,1-3H3/t18-,23-,24-,25?/m1/s1. The third-order valence-electron chi connectivity index (χ3n) is 7.81. The Morgan fingerprint density at radius 1 is 0.926 bits per heavy atom. The highest BCUT2D eigenvalue weighted by atomic mass is 16.5. The molecule has 3 aliphatic rings. The summed E-state index contributed by atoms with van der Waals surface area (Å²) in [6.07, 6.45) is 4.83. The molecule has 0 amide bonds. The molecule has 1 unspecified atom stereocenters. The number of hydrogen-bond donors (Lipinski definition) is 1. The van der Waals surface area contributed by atoms with E-state index >= 15 is 0 Å². The van der Waals surface area contributed by atoms with Gasteiger partial charge in [0.15, 0.2) is 0 Å². The van der Waals surface area contributed by atoms with Gasteiger partial charge in [-0.1, -0.05) is 55.5 Å². The van der Waals surface area contributed by atoms with Crippen molar-refractivity contribution < 1.29 is 4.74 Å². The van der Waals surface area contributed by atoms with Crippen LogP contribution in [0.1, 0.15) is 68.7 Å². The van der Waals surface area contributed by atoms with Crippen molar-refractivity contribution in [1.82, 2.24) is 5.32 Å². The molecule has 1 fully saturated rings. The smallest absolute Gasteiger partial charge is 0.0675 e. The summed E-state index contributed by atoms with van der Waals surface area (Å²) in [5.74, 6) is 0.758. The van der Waals surface area contributed by atoms with Gasteiger partial charge in [-0.15, -0.1) is 0 Å². The molecular formula is C25H31NO. The predicted molar refractivity (Wildman–Crippen MR) is 110 cm³/mol. The second-order valence-electron chi connectivity index (χ2n) is 8.99. The van der Waals surface area contributed by atoms with Crippen LogP contribution in [0.15, 0.2) is 48.5 Å². The SMILES string of the molecule is CCOCCC12C[C@H]3C[C@@]3(CC)c3ccccc3[C@@](C)(N1)c1ccccc12. The predicted octanol–water partition coefficient (Wildman–Crippen LogP) is 5.25. The Morgan fingerprint density at radius 2 is 1.56 bits per heavy atom. The second-order valence-corrected chi connectivity index (χ2v) is 8.99. The summed E-state index contributed by atoms with van der Waals surface area (Å²) in [7, 11) is 0. The van der Waals surface area contributed by atoms with Crippen LogP contribution in [0, 0.1) is 5.92 Å². The lowest BCUT2D eigenvalue weighted by Crippen LogP contribution is -2.49. The van der Waals surface area contributed by atoms with E-state index in [1.165, 1.54) is 36.0 Å². The van der Waals surface area contributed by atoms with Crippen LogP contribution in [0.5, 0.6) is 0 Å². The van der Waals surface area contributed by atoms with Crippen LogP contribution >= 0.6 is 0 Å². The fourth-order valence-corrected chi connectivity index (χ4v) is 6.39. The number of nitrogens with one attached hydrogen (secondary N) is 1. The highest BCUT2D eigenvalue weighted by Crippen LogP contribution is 2.66. The van der Waals surface area contributed by atoms with Crippen LogP contribution in [0.2, 0.25) is 0 Å². The maximum atomic E-state index is 5.83. The summed E-state index contributed by atoms with van der Waals surface area (Å²) >= 11 is 0. The van der Waals surface area contributed by atoms with E-state index in [4.69, 9.17) is 4.74 Å². The monoisotopic (exact) mass is 361 g/mol. The highest BCUT2D eigenvalue weighted by Gasteiger charge is 2.63. The summed E-state index contributed by atoms with van der Waals surface area (Å²) in [5.41, 5.74) is 6.30.